The van der Waals surface area contributed by atoms with Gasteiger partial charge in [-0.15, -0.1) is 0 Å². The second-order valence-electron chi connectivity index (χ2n) is 9.09. The highest BCUT2D eigenvalue weighted by Crippen LogP contribution is 2.52. The summed E-state index contributed by atoms with van der Waals surface area (Å²) >= 11 is 0. The van der Waals surface area contributed by atoms with Gasteiger partial charge in [0.25, 0.3) is 5.91 Å². The zero-order valence-corrected chi connectivity index (χ0v) is 22.2. The van der Waals surface area contributed by atoms with Crippen LogP contribution in [0.25, 0.3) is 0 Å². The Morgan fingerprint density at radius 2 is 1.97 bits per heavy atom. The number of benzene rings is 1. The van der Waals surface area contributed by atoms with E-state index in [1.54, 1.807) is 6.07 Å². The highest BCUT2D eigenvalue weighted by atomic mass is 32.2. The van der Waals surface area contributed by atoms with Crippen LogP contribution >= 0.6 is 0 Å². The molecule has 0 radical (unpaired) electrons. The molecule has 15 heteroatoms. The van der Waals surface area contributed by atoms with Crippen molar-refractivity contribution >= 4 is 37.6 Å². The second kappa shape index (κ2) is 8.92. The molecule has 1 spiro atoms. The lowest BCUT2D eigenvalue weighted by Gasteiger charge is -2.48. The SMILES string of the molecule is COc1ccc(C(=O)Nc2ccc(F)c([C@@]3(C)N=C(N)N(C)S(=O)(=O)[C@]34CCN(S(C)(=O)=O)C4)c2)nc1. The zero-order chi connectivity index (χ0) is 27.4. The summed E-state index contributed by atoms with van der Waals surface area (Å²) in [6.07, 6.45) is 2.19. The zero-order valence-electron chi connectivity index (χ0n) is 20.6. The molecule has 2 aliphatic heterocycles. The number of methoxy groups -OCH3 is 1. The summed E-state index contributed by atoms with van der Waals surface area (Å²) in [5.74, 6) is -1.31. The third kappa shape index (κ3) is 4.20. The van der Waals surface area contributed by atoms with Gasteiger partial charge in [0.15, 0.2) is 0 Å². The third-order valence-electron chi connectivity index (χ3n) is 7.02. The number of rotatable bonds is 5. The molecule has 0 saturated carbocycles. The molecule has 1 aromatic heterocycles. The Morgan fingerprint density at radius 3 is 2.54 bits per heavy atom. The summed E-state index contributed by atoms with van der Waals surface area (Å²) in [6, 6.07) is 6.66. The number of guanidine groups is 1. The van der Waals surface area contributed by atoms with Crippen LogP contribution in [0, 0.1) is 5.82 Å². The van der Waals surface area contributed by atoms with Crippen LogP contribution < -0.4 is 15.8 Å². The standard InChI is InChI=1S/C22H27FN6O6S2/c1-21(22(9-10-29(13-22)36(4,31)32)37(33,34)28(2)20(24)27-21)16-11-14(5-7-17(16)23)26-19(30)18-8-6-15(35-3)12-25-18/h5-8,11-12H,9-10,13H2,1-4H3,(H2,24,27)(H,26,30)/t21-,22+/m1/s1. The second-order valence-corrected chi connectivity index (χ2v) is 13.3. The van der Waals surface area contributed by atoms with Gasteiger partial charge in [-0.1, -0.05) is 0 Å². The Hall–Kier alpha value is -3.30. The largest absolute Gasteiger partial charge is 0.495 e. The van der Waals surface area contributed by atoms with Crippen molar-refractivity contribution in [3.05, 3.63) is 53.6 Å². The van der Waals surface area contributed by atoms with E-state index < -0.39 is 48.6 Å². The van der Waals surface area contributed by atoms with Gasteiger partial charge in [-0.3, -0.25) is 4.79 Å². The molecule has 2 atom stereocenters. The number of carbonyl (C=O) groups excluding carboxylic acids is 1. The molecule has 1 amide bonds. The summed E-state index contributed by atoms with van der Waals surface area (Å²) in [4.78, 5) is 21.2. The van der Waals surface area contributed by atoms with Crippen LogP contribution in [0.15, 0.2) is 41.5 Å². The maximum absolute atomic E-state index is 15.4. The smallest absolute Gasteiger partial charge is 0.274 e. The number of ether oxygens (including phenoxy) is 1. The number of carbonyl (C=O) groups is 1. The molecule has 3 heterocycles. The third-order valence-corrected chi connectivity index (χ3v) is 10.9. The van der Waals surface area contributed by atoms with Crippen molar-refractivity contribution in [2.24, 2.45) is 10.7 Å². The van der Waals surface area contributed by atoms with E-state index in [2.05, 4.69) is 15.3 Å². The molecule has 1 fully saturated rings. The molecular formula is C22H27FN6O6S2. The van der Waals surface area contributed by atoms with Gasteiger partial charge >= 0.3 is 0 Å². The van der Waals surface area contributed by atoms with Crippen LogP contribution in [0.5, 0.6) is 5.75 Å². The van der Waals surface area contributed by atoms with Gasteiger partial charge in [0.1, 0.15) is 27.5 Å². The van der Waals surface area contributed by atoms with Gasteiger partial charge in [-0.2, -0.15) is 0 Å². The number of nitrogens with zero attached hydrogens (tertiary/aromatic N) is 4. The van der Waals surface area contributed by atoms with Gasteiger partial charge in [0.05, 0.1) is 19.6 Å². The van der Waals surface area contributed by atoms with Gasteiger partial charge < -0.3 is 15.8 Å². The number of anilines is 1. The summed E-state index contributed by atoms with van der Waals surface area (Å²) in [6.45, 7) is 0.862. The van der Waals surface area contributed by atoms with Crippen molar-refractivity contribution in [3.8, 4) is 5.75 Å². The number of nitrogens with two attached hydrogens (primary N) is 1. The van der Waals surface area contributed by atoms with Crippen molar-refractivity contribution < 1.29 is 30.8 Å². The first-order valence-corrected chi connectivity index (χ1v) is 14.4. The first-order chi connectivity index (χ1) is 17.2. The Balaban J connectivity index is 1.81. The van der Waals surface area contributed by atoms with Gasteiger partial charge in [-0.05, 0) is 43.7 Å². The van der Waals surface area contributed by atoms with Crippen molar-refractivity contribution in [2.75, 3.05) is 38.8 Å². The number of halogens is 1. The fourth-order valence-electron chi connectivity index (χ4n) is 4.79. The van der Waals surface area contributed by atoms with Crippen molar-refractivity contribution in [2.45, 2.75) is 23.6 Å². The minimum Gasteiger partial charge on any atom is -0.495 e. The minimum atomic E-state index is -4.31. The fraction of sp³-hybridized carbons (Fsp3) is 0.409. The normalized spacial score (nSPS) is 25.6. The molecule has 0 aliphatic carbocycles. The highest BCUT2D eigenvalue weighted by Gasteiger charge is 2.67. The average molecular weight is 555 g/mol. The maximum Gasteiger partial charge on any atom is 0.274 e. The Morgan fingerprint density at radius 1 is 1.27 bits per heavy atom. The van der Waals surface area contributed by atoms with E-state index in [0.29, 0.717) is 5.75 Å². The molecule has 12 nitrogen and oxygen atoms in total. The Labute approximate surface area is 214 Å². The molecule has 1 aromatic carbocycles. The lowest BCUT2D eigenvalue weighted by atomic mass is 9.78. The number of hydrogen-bond acceptors (Lipinski definition) is 9. The molecule has 2 aromatic rings. The van der Waals surface area contributed by atoms with E-state index >= 15 is 4.39 Å². The highest BCUT2D eigenvalue weighted by molar-refractivity contribution is 7.91. The van der Waals surface area contributed by atoms with Crippen LogP contribution in [0.3, 0.4) is 0 Å². The quantitative estimate of drug-likeness (QED) is 0.545. The van der Waals surface area contributed by atoms with Crippen molar-refractivity contribution in [3.63, 3.8) is 0 Å². The van der Waals surface area contributed by atoms with Crippen molar-refractivity contribution in [1.29, 1.82) is 0 Å². The summed E-state index contributed by atoms with van der Waals surface area (Å²) in [5.41, 5.74) is 4.19. The summed E-state index contributed by atoms with van der Waals surface area (Å²) in [5, 5.41) is 2.62. The number of pyridine rings is 1. The Bertz CT molecular complexity index is 1500. The van der Waals surface area contributed by atoms with E-state index in [9.17, 15) is 21.6 Å². The van der Waals surface area contributed by atoms with Crippen LogP contribution in [0.4, 0.5) is 10.1 Å². The molecule has 4 rings (SSSR count). The maximum atomic E-state index is 15.4. The Kier molecular flexibility index (Phi) is 6.45. The summed E-state index contributed by atoms with van der Waals surface area (Å²) in [7, 11) is -5.39. The van der Waals surface area contributed by atoms with E-state index in [-0.39, 0.29) is 35.9 Å². The predicted octanol–water partition coefficient (Wildman–Crippen LogP) is 0.691. The number of aliphatic imine (C=N–C) groups is 1. The minimum absolute atomic E-state index is 0.0677. The van der Waals surface area contributed by atoms with E-state index in [0.717, 1.165) is 20.9 Å². The van der Waals surface area contributed by atoms with Gasteiger partial charge in [0.2, 0.25) is 26.0 Å². The molecule has 0 unspecified atom stereocenters. The average Bonchev–Trinajstić information content (AvgIpc) is 3.32. The monoisotopic (exact) mass is 554 g/mol. The topological polar surface area (TPSA) is 164 Å². The number of nitrogens with one attached hydrogen (secondary N) is 1. The first kappa shape index (κ1) is 26.8. The lowest BCUT2D eigenvalue weighted by Crippen LogP contribution is -2.66. The molecular weight excluding hydrogens is 527 g/mol. The number of amides is 1. The fourth-order valence-corrected chi connectivity index (χ4v) is 7.89. The molecule has 2 aliphatic rings. The van der Waals surface area contributed by atoms with Crippen molar-refractivity contribution in [1.82, 2.24) is 13.6 Å². The molecule has 3 N–H and O–H groups in total. The first-order valence-electron chi connectivity index (χ1n) is 11.1. The van der Waals surface area contributed by atoms with Crippen LogP contribution in [0.1, 0.15) is 29.4 Å². The van der Waals surface area contributed by atoms with Gasteiger partial charge in [0, 0.05) is 31.4 Å². The number of aromatic nitrogens is 1. The number of sulfonamides is 2. The molecule has 0 bridgehead atoms. The molecule has 200 valence electrons. The summed E-state index contributed by atoms with van der Waals surface area (Å²) < 4.78 is 72.5. The van der Waals surface area contributed by atoms with Crippen LogP contribution in [-0.2, 0) is 25.6 Å². The molecule has 1 saturated heterocycles. The van der Waals surface area contributed by atoms with Gasteiger partial charge in [-0.25, -0.2) is 39.8 Å². The predicted molar refractivity (Wildman–Crippen MR) is 135 cm³/mol. The van der Waals surface area contributed by atoms with Crippen LogP contribution in [0.2, 0.25) is 0 Å². The number of hydrogen-bond donors (Lipinski definition) is 2. The molecule has 37 heavy (non-hydrogen) atoms. The van der Waals surface area contributed by atoms with E-state index in [1.807, 2.05) is 0 Å². The lowest BCUT2D eigenvalue weighted by molar-refractivity contribution is 0.102. The van der Waals surface area contributed by atoms with E-state index in [4.69, 9.17) is 10.5 Å². The van der Waals surface area contributed by atoms with Crippen LogP contribution in [-0.4, -0.2) is 80.5 Å². The van der Waals surface area contributed by atoms with E-state index in [1.165, 1.54) is 45.5 Å².